The summed E-state index contributed by atoms with van der Waals surface area (Å²) in [7, 11) is 0. The molecule has 0 aliphatic rings. The number of hydrogen-bond acceptors (Lipinski definition) is 5. The van der Waals surface area contributed by atoms with Gasteiger partial charge >= 0.3 is 11.9 Å². The molecule has 0 saturated heterocycles. The van der Waals surface area contributed by atoms with E-state index in [1.54, 1.807) is 0 Å². The Hall–Kier alpha value is -2.40. The molecule has 0 aliphatic heterocycles. The molecule has 0 saturated carbocycles. The highest BCUT2D eigenvalue weighted by Gasteiger charge is 2.16. The van der Waals surface area contributed by atoms with Crippen molar-refractivity contribution in [3.8, 4) is 0 Å². The van der Waals surface area contributed by atoms with E-state index >= 15 is 0 Å². The highest BCUT2D eigenvalue weighted by atomic mass is 16.6. The number of ether oxygens (including phenoxy) is 2. The monoisotopic (exact) mass is 671 g/mol. The number of aliphatic hydroxyl groups excluding tert-OH is 1. The summed E-state index contributed by atoms with van der Waals surface area (Å²) in [4.78, 5) is 24.2. The van der Waals surface area contributed by atoms with Gasteiger partial charge in [0.1, 0.15) is 6.61 Å². The van der Waals surface area contributed by atoms with E-state index in [-0.39, 0.29) is 25.2 Å². The lowest BCUT2D eigenvalue weighted by molar-refractivity contribution is -0.161. The molecule has 0 amide bonds. The van der Waals surface area contributed by atoms with Crippen LogP contribution < -0.4 is 0 Å². The van der Waals surface area contributed by atoms with Crippen molar-refractivity contribution < 1.29 is 24.2 Å². The van der Waals surface area contributed by atoms with Crippen LogP contribution in [0, 0.1) is 0 Å². The predicted molar refractivity (Wildman–Crippen MR) is 205 cm³/mol. The summed E-state index contributed by atoms with van der Waals surface area (Å²) in [6.45, 7) is 4.06. The van der Waals surface area contributed by atoms with Crippen LogP contribution in [0.5, 0.6) is 0 Å². The average Bonchev–Trinajstić information content (AvgIpc) is 3.09. The van der Waals surface area contributed by atoms with E-state index in [0.29, 0.717) is 12.8 Å². The lowest BCUT2D eigenvalue weighted by atomic mass is 10.1. The molecule has 0 heterocycles. The van der Waals surface area contributed by atoms with Crippen molar-refractivity contribution in [1.29, 1.82) is 0 Å². The van der Waals surface area contributed by atoms with Gasteiger partial charge in [-0.25, -0.2) is 0 Å². The van der Waals surface area contributed by atoms with E-state index in [9.17, 15) is 14.7 Å². The van der Waals surface area contributed by atoms with Crippen LogP contribution in [-0.2, 0) is 19.1 Å². The van der Waals surface area contributed by atoms with Crippen molar-refractivity contribution >= 4 is 11.9 Å². The third-order valence-corrected chi connectivity index (χ3v) is 8.28. The molecule has 0 aromatic rings. The summed E-state index contributed by atoms with van der Waals surface area (Å²) >= 11 is 0. The van der Waals surface area contributed by atoms with Gasteiger partial charge in [0.15, 0.2) is 6.10 Å². The highest BCUT2D eigenvalue weighted by molar-refractivity contribution is 5.70. The van der Waals surface area contributed by atoms with Crippen LogP contribution in [0.1, 0.15) is 181 Å². The average molecular weight is 671 g/mol. The van der Waals surface area contributed by atoms with Crippen LogP contribution in [0.4, 0.5) is 0 Å². The van der Waals surface area contributed by atoms with Crippen molar-refractivity contribution in [3.05, 3.63) is 60.8 Å². The maximum absolute atomic E-state index is 12.2. The zero-order valence-electron chi connectivity index (χ0n) is 31.2. The summed E-state index contributed by atoms with van der Waals surface area (Å²) in [6, 6.07) is 0. The smallest absolute Gasteiger partial charge is 0.306 e. The summed E-state index contributed by atoms with van der Waals surface area (Å²) in [6.07, 6.45) is 49.9. The van der Waals surface area contributed by atoms with Gasteiger partial charge in [-0.2, -0.15) is 0 Å². The summed E-state index contributed by atoms with van der Waals surface area (Å²) in [5, 5.41) is 9.55. The third-order valence-electron chi connectivity index (χ3n) is 8.28. The number of rotatable bonds is 35. The fraction of sp³-hybridized carbons (Fsp3) is 0.721. The number of carbonyl (C=O) groups is 2. The molecular formula is C43H74O5. The van der Waals surface area contributed by atoms with Crippen molar-refractivity contribution in [3.63, 3.8) is 0 Å². The molecule has 5 heteroatoms. The fourth-order valence-corrected chi connectivity index (χ4v) is 5.24. The molecule has 5 nitrogen and oxygen atoms in total. The molecule has 0 radical (unpaired) electrons. The lowest BCUT2D eigenvalue weighted by Crippen LogP contribution is -2.28. The Morgan fingerprint density at radius 1 is 0.479 bits per heavy atom. The Morgan fingerprint density at radius 3 is 1.33 bits per heavy atom. The van der Waals surface area contributed by atoms with Crippen LogP contribution in [0.3, 0.4) is 0 Å². The van der Waals surface area contributed by atoms with Crippen molar-refractivity contribution in [2.45, 2.75) is 187 Å². The van der Waals surface area contributed by atoms with Gasteiger partial charge in [0.05, 0.1) is 6.61 Å². The second-order valence-electron chi connectivity index (χ2n) is 13.0. The van der Waals surface area contributed by atoms with E-state index in [0.717, 1.165) is 70.6 Å². The molecule has 0 aromatic heterocycles. The van der Waals surface area contributed by atoms with E-state index in [2.05, 4.69) is 74.6 Å². The number of unbranched alkanes of at least 4 members (excludes halogenated alkanes) is 17. The van der Waals surface area contributed by atoms with E-state index < -0.39 is 6.10 Å². The van der Waals surface area contributed by atoms with Gasteiger partial charge in [-0.05, 0) is 83.5 Å². The molecular weight excluding hydrogens is 596 g/mol. The van der Waals surface area contributed by atoms with Crippen molar-refractivity contribution in [2.75, 3.05) is 13.2 Å². The molecule has 0 unspecified atom stereocenters. The quantitative estimate of drug-likeness (QED) is 0.0413. The fourth-order valence-electron chi connectivity index (χ4n) is 5.24. The van der Waals surface area contributed by atoms with Crippen LogP contribution >= 0.6 is 0 Å². The Kier molecular flexibility index (Phi) is 37.1. The molecule has 48 heavy (non-hydrogen) atoms. The zero-order chi connectivity index (χ0) is 35.0. The molecule has 1 atom stereocenters. The maximum atomic E-state index is 12.2. The molecule has 0 aliphatic carbocycles. The molecule has 276 valence electrons. The van der Waals surface area contributed by atoms with Gasteiger partial charge < -0.3 is 14.6 Å². The number of hydrogen-bond donors (Lipinski definition) is 1. The number of allylic oxidation sites excluding steroid dienone is 10. The number of carbonyl (C=O) groups excluding carboxylic acids is 2. The molecule has 0 fully saturated rings. The molecule has 1 N–H and O–H groups in total. The molecule has 0 bridgehead atoms. The van der Waals surface area contributed by atoms with Crippen LogP contribution in [0.2, 0.25) is 0 Å². The van der Waals surface area contributed by atoms with Gasteiger partial charge in [0.25, 0.3) is 0 Å². The first-order valence-corrected chi connectivity index (χ1v) is 19.8. The third kappa shape index (κ3) is 36.4. The second kappa shape index (κ2) is 39.0. The Bertz CT molecular complexity index is 853. The maximum Gasteiger partial charge on any atom is 0.306 e. The highest BCUT2D eigenvalue weighted by Crippen LogP contribution is 2.11. The summed E-state index contributed by atoms with van der Waals surface area (Å²) in [5.74, 6) is -0.640. The van der Waals surface area contributed by atoms with E-state index in [1.165, 1.54) is 83.5 Å². The van der Waals surface area contributed by atoms with E-state index in [4.69, 9.17) is 9.47 Å². The first-order chi connectivity index (χ1) is 23.6. The first-order valence-electron chi connectivity index (χ1n) is 19.8. The van der Waals surface area contributed by atoms with Gasteiger partial charge in [0, 0.05) is 12.8 Å². The minimum Gasteiger partial charge on any atom is -0.462 e. The lowest BCUT2D eigenvalue weighted by Gasteiger charge is -2.15. The predicted octanol–water partition coefficient (Wildman–Crippen LogP) is 12.4. The van der Waals surface area contributed by atoms with Crippen LogP contribution in [-0.4, -0.2) is 36.4 Å². The summed E-state index contributed by atoms with van der Waals surface area (Å²) < 4.78 is 10.6. The van der Waals surface area contributed by atoms with Gasteiger partial charge in [0.2, 0.25) is 0 Å². The first kappa shape index (κ1) is 45.6. The minimum atomic E-state index is -0.790. The Labute approximate surface area is 296 Å². The van der Waals surface area contributed by atoms with Crippen LogP contribution in [0.15, 0.2) is 60.8 Å². The number of esters is 2. The SMILES string of the molecule is CCCCC/C=C\C/C=C\C/C=C\C/C=C\CCCCCC(=O)OC[C@H](CO)OC(=O)CCCCCCC/C=C\CCCCCCCC. The molecule has 0 spiro atoms. The Morgan fingerprint density at radius 2 is 0.833 bits per heavy atom. The second-order valence-corrected chi connectivity index (χ2v) is 13.0. The van der Waals surface area contributed by atoms with Crippen LogP contribution in [0.25, 0.3) is 0 Å². The normalized spacial score (nSPS) is 12.8. The van der Waals surface area contributed by atoms with E-state index in [1.807, 2.05) is 0 Å². The van der Waals surface area contributed by atoms with Gasteiger partial charge in [-0.1, -0.05) is 145 Å². The molecule has 0 rings (SSSR count). The number of aliphatic hydroxyl groups is 1. The zero-order valence-corrected chi connectivity index (χ0v) is 31.2. The largest absolute Gasteiger partial charge is 0.462 e. The standard InChI is InChI=1S/C43H74O5/c1-3-5-7-9-11-13-15-17-19-20-21-22-24-25-27-29-31-33-35-37-42(45)47-40-41(39-44)48-43(46)38-36-34-32-30-28-26-23-18-16-14-12-10-8-6-4-2/h11,13,17-19,21-23,25,27,41,44H,3-10,12,14-16,20,24,26,28-40H2,1-2H3/b13-11-,19-17-,22-21-,23-18-,27-25-/t41-/m0/s1. The molecule has 0 aromatic carbocycles. The summed E-state index contributed by atoms with van der Waals surface area (Å²) in [5.41, 5.74) is 0. The van der Waals surface area contributed by atoms with Gasteiger partial charge in [-0.15, -0.1) is 0 Å². The minimum absolute atomic E-state index is 0.0876. The Balaban J connectivity index is 3.66. The van der Waals surface area contributed by atoms with Crippen molar-refractivity contribution in [1.82, 2.24) is 0 Å². The van der Waals surface area contributed by atoms with Crippen molar-refractivity contribution in [2.24, 2.45) is 0 Å². The van der Waals surface area contributed by atoms with Gasteiger partial charge in [-0.3, -0.25) is 9.59 Å². The topological polar surface area (TPSA) is 72.8 Å².